The highest BCUT2D eigenvalue weighted by Crippen LogP contribution is 2.14. The van der Waals surface area contributed by atoms with Gasteiger partial charge in [-0.05, 0) is 12.8 Å². The number of hydrogen-bond donors (Lipinski definition) is 1. The quantitative estimate of drug-likeness (QED) is 0.716. The van der Waals surface area contributed by atoms with E-state index in [2.05, 4.69) is 0 Å². The van der Waals surface area contributed by atoms with Crippen molar-refractivity contribution in [2.24, 2.45) is 0 Å². The summed E-state index contributed by atoms with van der Waals surface area (Å²) in [6.07, 6.45) is 2.60. The van der Waals surface area contributed by atoms with Crippen LogP contribution in [0.25, 0.3) is 0 Å². The second kappa shape index (κ2) is 5.98. The number of hydrogen-bond acceptors (Lipinski definition) is 3. The maximum atomic E-state index is 11.3. The lowest BCUT2D eigenvalue weighted by molar-refractivity contribution is -0.133. The molecule has 4 heteroatoms. The number of ether oxygens (including phenoxy) is 1. The first kappa shape index (κ1) is 11.5. The van der Waals surface area contributed by atoms with Crippen LogP contribution in [-0.2, 0) is 9.53 Å². The van der Waals surface area contributed by atoms with Gasteiger partial charge in [-0.1, -0.05) is 6.92 Å². The molecule has 0 aromatic heterocycles. The normalized spacial score (nSPS) is 18.6. The average molecular weight is 201 g/mol. The molecule has 82 valence electrons. The summed E-state index contributed by atoms with van der Waals surface area (Å²) in [5, 5.41) is 8.59. The van der Waals surface area contributed by atoms with Crippen LogP contribution in [0.5, 0.6) is 0 Å². The summed E-state index contributed by atoms with van der Waals surface area (Å²) in [5.41, 5.74) is 0. The molecule has 0 aromatic rings. The number of amides is 1. The molecule has 1 heterocycles. The highest BCUT2D eigenvalue weighted by molar-refractivity contribution is 5.75. The predicted octanol–water partition coefficient (Wildman–Crippen LogP) is 0.396. The third-order valence-corrected chi connectivity index (χ3v) is 2.54. The van der Waals surface area contributed by atoms with Gasteiger partial charge < -0.3 is 14.7 Å². The van der Waals surface area contributed by atoms with Crippen LogP contribution >= 0.6 is 0 Å². The second-order valence-corrected chi connectivity index (χ2v) is 3.53. The molecule has 0 aromatic carbocycles. The first-order chi connectivity index (χ1) is 6.77. The zero-order valence-electron chi connectivity index (χ0n) is 8.74. The number of nitrogens with zero attached hydrogens (tertiary/aromatic N) is 1. The third-order valence-electron chi connectivity index (χ3n) is 2.54. The number of piperidine rings is 1. The smallest absolute Gasteiger partial charge is 0.222 e. The fourth-order valence-electron chi connectivity index (χ4n) is 1.71. The summed E-state index contributed by atoms with van der Waals surface area (Å²) >= 11 is 0. The second-order valence-electron chi connectivity index (χ2n) is 3.53. The van der Waals surface area contributed by atoms with Crippen molar-refractivity contribution in [3.05, 3.63) is 0 Å². The number of carbonyl (C=O) groups excluding carboxylic acids is 1. The molecule has 0 spiro atoms. The lowest BCUT2D eigenvalue weighted by Crippen LogP contribution is -2.40. The molecule has 0 aliphatic carbocycles. The van der Waals surface area contributed by atoms with Crippen LogP contribution < -0.4 is 0 Å². The Hall–Kier alpha value is -0.610. The number of aliphatic hydroxyl groups excluding tert-OH is 1. The first-order valence-corrected chi connectivity index (χ1v) is 5.28. The van der Waals surface area contributed by atoms with Gasteiger partial charge in [-0.25, -0.2) is 0 Å². The Morgan fingerprint density at radius 2 is 2.14 bits per heavy atom. The lowest BCUT2D eigenvalue weighted by atomic mass is 10.1. The Labute approximate surface area is 84.8 Å². The predicted molar refractivity (Wildman–Crippen MR) is 52.9 cm³/mol. The van der Waals surface area contributed by atoms with Gasteiger partial charge in [0.25, 0.3) is 0 Å². The molecule has 0 radical (unpaired) electrons. The van der Waals surface area contributed by atoms with E-state index in [1.165, 1.54) is 0 Å². The van der Waals surface area contributed by atoms with E-state index in [0.29, 0.717) is 13.0 Å². The van der Waals surface area contributed by atoms with E-state index in [4.69, 9.17) is 9.84 Å². The summed E-state index contributed by atoms with van der Waals surface area (Å²) in [6, 6.07) is 0. The molecule has 0 atom stereocenters. The summed E-state index contributed by atoms with van der Waals surface area (Å²) in [4.78, 5) is 13.2. The maximum absolute atomic E-state index is 11.3. The molecule has 14 heavy (non-hydrogen) atoms. The van der Waals surface area contributed by atoms with Gasteiger partial charge >= 0.3 is 0 Å². The van der Waals surface area contributed by atoms with Crippen molar-refractivity contribution in [2.45, 2.75) is 32.3 Å². The fourth-order valence-corrected chi connectivity index (χ4v) is 1.71. The number of carbonyl (C=O) groups is 1. The molecule has 1 saturated heterocycles. The Kier molecular flexibility index (Phi) is 4.90. The van der Waals surface area contributed by atoms with Gasteiger partial charge in [-0.3, -0.25) is 4.79 Å². The van der Waals surface area contributed by atoms with Crippen LogP contribution in [0.1, 0.15) is 26.2 Å². The average Bonchev–Trinajstić information content (AvgIpc) is 2.26. The summed E-state index contributed by atoms with van der Waals surface area (Å²) < 4.78 is 5.41. The fraction of sp³-hybridized carbons (Fsp3) is 0.900. The van der Waals surface area contributed by atoms with Crippen LogP contribution in [0.4, 0.5) is 0 Å². The Morgan fingerprint density at radius 3 is 2.64 bits per heavy atom. The van der Waals surface area contributed by atoms with E-state index in [-0.39, 0.29) is 18.6 Å². The van der Waals surface area contributed by atoms with E-state index in [1.54, 1.807) is 0 Å². The van der Waals surface area contributed by atoms with E-state index in [0.717, 1.165) is 25.9 Å². The summed E-state index contributed by atoms with van der Waals surface area (Å²) in [6.45, 7) is 3.96. The van der Waals surface area contributed by atoms with Gasteiger partial charge in [0, 0.05) is 19.5 Å². The van der Waals surface area contributed by atoms with Crippen molar-refractivity contribution in [1.29, 1.82) is 0 Å². The van der Waals surface area contributed by atoms with Crippen LogP contribution in [0.2, 0.25) is 0 Å². The minimum atomic E-state index is 0.0775. The largest absolute Gasteiger partial charge is 0.394 e. The zero-order valence-corrected chi connectivity index (χ0v) is 8.74. The maximum Gasteiger partial charge on any atom is 0.222 e. The van der Waals surface area contributed by atoms with Crippen molar-refractivity contribution in [1.82, 2.24) is 4.90 Å². The zero-order chi connectivity index (χ0) is 10.4. The van der Waals surface area contributed by atoms with E-state index < -0.39 is 0 Å². The van der Waals surface area contributed by atoms with Gasteiger partial charge in [0.1, 0.15) is 0 Å². The van der Waals surface area contributed by atoms with Crippen LogP contribution in [0, 0.1) is 0 Å². The molecule has 1 amide bonds. The summed E-state index contributed by atoms with van der Waals surface area (Å²) in [7, 11) is 0. The van der Waals surface area contributed by atoms with Crippen LogP contribution in [0.15, 0.2) is 0 Å². The number of rotatable bonds is 4. The molecule has 1 N–H and O–H groups in total. The van der Waals surface area contributed by atoms with E-state index in [1.807, 2.05) is 11.8 Å². The van der Waals surface area contributed by atoms with Crippen LogP contribution in [0.3, 0.4) is 0 Å². The van der Waals surface area contributed by atoms with Crippen molar-refractivity contribution in [3.63, 3.8) is 0 Å². The molecule has 1 rings (SSSR count). The number of aliphatic hydroxyl groups is 1. The highest BCUT2D eigenvalue weighted by Gasteiger charge is 2.21. The molecular weight excluding hydrogens is 182 g/mol. The van der Waals surface area contributed by atoms with Gasteiger partial charge in [0.15, 0.2) is 0 Å². The van der Waals surface area contributed by atoms with Gasteiger partial charge in [0.05, 0.1) is 19.3 Å². The molecular formula is C10H19NO3. The SMILES string of the molecule is CCC(=O)N1CCC(OCCO)CC1. The van der Waals surface area contributed by atoms with Crippen molar-refractivity contribution < 1.29 is 14.6 Å². The molecule has 0 bridgehead atoms. The van der Waals surface area contributed by atoms with E-state index >= 15 is 0 Å². The molecule has 0 unspecified atom stereocenters. The molecule has 4 nitrogen and oxygen atoms in total. The van der Waals surface area contributed by atoms with Crippen molar-refractivity contribution in [2.75, 3.05) is 26.3 Å². The minimum Gasteiger partial charge on any atom is -0.394 e. The molecule has 1 aliphatic heterocycles. The topological polar surface area (TPSA) is 49.8 Å². The van der Waals surface area contributed by atoms with E-state index in [9.17, 15) is 4.79 Å². The Bertz CT molecular complexity index is 176. The van der Waals surface area contributed by atoms with Gasteiger partial charge in [-0.15, -0.1) is 0 Å². The van der Waals surface area contributed by atoms with Crippen molar-refractivity contribution >= 4 is 5.91 Å². The first-order valence-electron chi connectivity index (χ1n) is 5.28. The standard InChI is InChI=1S/C10H19NO3/c1-2-10(13)11-5-3-9(4-6-11)14-8-7-12/h9,12H,2-8H2,1H3. The Balaban J connectivity index is 2.20. The van der Waals surface area contributed by atoms with Gasteiger partial charge in [0.2, 0.25) is 5.91 Å². The monoisotopic (exact) mass is 201 g/mol. The van der Waals surface area contributed by atoms with Gasteiger partial charge in [-0.2, -0.15) is 0 Å². The third kappa shape index (κ3) is 3.27. The van der Waals surface area contributed by atoms with Crippen molar-refractivity contribution in [3.8, 4) is 0 Å². The molecule has 1 aliphatic rings. The molecule has 1 fully saturated rings. The summed E-state index contributed by atoms with van der Waals surface area (Å²) in [5.74, 6) is 0.227. The Morgan fingerprint density at radius 1 is 1.50 bits per heavy atom. The number of likely N-dealkylation sites (tertiary alicyclic amines) is 1. The molecule has 0 saturated carbocycles. The van der Waals surface area contributed by atoms with Crippen LogP contribution in [-0.4, -0.2) is 48.3 Å². The minimum absolute atomic E-state index is 0.0775. The lowest BCUT2D eigenvalue weighted by Gasteiger charge is -2.31. The highest BCUT2D eigenvalue weighted by atomic mass is 16.5.